The van der Waals surface area contributed by atoms with Crippen LogP contribution in [0.5, 0.6) is 0 Å². The van der Waals surface area contributed by atoms with E-state index in [0.717, 1.165) is 6.42 Å². The Bertz CT molecular complexity index is 247. The first kappa shape index (κ1) is 13.3. The fraction of sp³-hybridized carbons (Fsp3) is 0.917. The smallest absolute Gasteiger partial charge is 0.407 e. The van der Waals surface area contributed by atoms with Crippen molar-refractivity contribution in [2.45, 2.75) is 58.8 Å². The zero-order valence-electron chi connectivity index (χ0n) is 10.9. The summed E-state index contributed by atoms with van der Waals surface area (Å²) in [5.74, 6) is 0.337. The van der Waals surface area contributed by atoms with Gasteiger partial charge in [-0.25, -0.2) is 4.79 Å². The van der Waals surface area contributed by atoms with Crippen LogP contribution in [0.25, 0.3) is 0 Å². The fourth-order valence-electron chi connectivity index (χ4n) is 1.75. The number of hydrogen-bond acceptors (Lipinski definition) is 3. The highest BCUT2D eigenvalue weighted by atomic mass is 16.6. The van der Waals surface area contributed by atoms with E-state index in [4.69, 9.17) is 9.47 Å². The Morgan fingerprint density at radius 3 is 2.56 bits per heavy atom. The zero-order chi connectivity index (χ0) is 12.3. The minimum Gasteiger partial charge on any atom is -0.444 e. The highest BCUT2D eigenvalue weighted by Gasteiger charge is 2.28. The summed E-state index contributed by atoms with van der Waals surface area (Å²) in [7, 11) is 0. The van der Waals surface area contributed by atoms with Gasteiger partial charge in [0, 0.05) is 6.04 Å². The molecule has 1 heterocycles. The van der Waals surface area contributed by atoms with Crippen molar-refractivity contribution < 1.29 is 14.3 Å². The molecule has 94 valence electrons. The van der Waals surface area contributed by atoms with Crippen molar-refractivity contribution >= 4 is 6.09 Å². The molecule has 1 fully saturated rings. The van der Waals surface area contributed by atoms with Crippen LogP contribution in [0.2, 0.25) is 0 Å². The third-order valence-corrected chi connectivity index (χ3v) is 2.62. The summed E-state index contributed by atoms with van der Waals surface area (Å²) >= 11 is 0. The van der Waals surface area contributed by atoms with E-state index in [1.54, 1.807) is 0 Å². The molecule has 0 radical (unpaired) electrons. The second-order valence-corrected chi connectivity index (χ2v) is 5.61. The van der Waals surface area contributed by atoms with Crippen LogP contribution in [-0.2, 0) is 9.47 Å². The second kappa shape index (κ2) is 5.04. The number of ether oxygens (including phenoxy) is 2. The number of rotatable bonds is 1. The van der Waals surface area contributed by atoms with Gasteiger partial charge in [0.05, 0.1) is 12.7 Å². The molecule has 0 aromatic carbocycles. The summed E-state index contributed by atoms with van der Waals surface area (Å²) in [5.41, 5.74) is -0.440. The fourth-order valence-corrected chi connectivity index (χ4v) is 1.75. The summed E-state index contributed by atoms with van der Waals surface area (Å²) in [6.45, 7) is 10.4. The van der Waals surface area contributed by atoms with E-state index >= 15 is 0 Å². The maximum Gasteiger partial charge on any atom is 0.407 e. The molecule has 1 amide bonds. The van der Waals surface area contributed by atoms with Gasteiger partial charge in [-0.05, 0) is 40.0 Å². The lowest BCUT2D eigenvalue weighted by atomic mass is 9.95. The normalized spacial score (nSPS) is 30.9. The van der Waals surface area contributed by atoms with Gasteiger partial charge in [-0.1, -0.05) is 6.92 Å². The van der Waals surface area contributed by atoms with Crippen LogP contribution in [0, 0.1) is 5.92 Å². The van der Waals surface area contributed by atoms with Crippen molar-refractivity contribution in [2.75, 3.05) is 6.61 Å². The molecule has 1 N–H and O–H groups in total. The maximum atomic E-state index is 11.6. The average Bonchev–Trinajstić information content (AvgIpc) is 2.08. The zero-order valence-corrected chi connectivity index (χ0v) is 10.9. The van der Waals surface area contributed by atoms with Crippen LogP contribution in [0.15, 0.2) is 0 Å². The number of hydrogen-bond donors (Lipinski definition) is 1. The van der Waals surface area contributed by atoms with Crippen molar-refractivity contribution in [2.24, 2.45) is 5.92 Å². The second-order valence-electron chi connectivity index (χ2n) is 5.61. The van der Waals surface area contributed by atoms with Crippen LogP contribution in [0.1, 0.15) is 41.0 Å². The van der Waals surface area contributed by atoms with Crippen molar-refractivity contribution in [3.63, 3.8) is 0 Å². The molecular weight excluding hydrogens is 206 g/mol. The summed E-state index contributed by atoms with van der Waals surface area (Å²) in [4.78, 5) is 11.6. The molecule has 1 saturated heterocycles. The molecule has 4 heteroatoms. The Balaban J connectivity index is 2.43. The quantitative estimate of drug-likeness (QED) is 0.750. The topological polar surface area (TPSA) is 47.6 Å². The first-order valence-electron chi connectivity index (χ1n) is 5.89. The average molecular weight is 229 g/mol. The molecule has 0 bridgehead atoms. The van der Waals surface area contributed by atoms with Crippen LogP contribution in [0.3, 0.4) is 0 Å². The van der Waals surface area contributed by atoms with E-state index in [2.05, 4.69) is 12.2 Å². The number of carbonyl (C=O) groups is 1. The van der Waals surface area contributed by atoms with Crippen molar-refractivity contribution in [3.05, 3.63) is 0 Å². The summed E-state index contributed by atoms with van der Waals surface area (Å²) in [6.07, 6.45) is 0.718. The molecule has 0 aromatic rings. The Hall–Kier alpha value is -0.770. The summed E-state index contributed by atoms with van der Waals surface area (Å²) in [5, 5.41) is 2.91. The minimum atomic E-state index is -0.440. The van der Waals surface area contributed by atoms with Gasteiger partial charge in [0.2, 0.25) is 0 Å². The van der Waals surface area contributed by atoms with E-state index in [0.29, 0.717) is 12.5 Å². The van der Waals surface area contributed by atoms with E-state index in [-0.39, 0.29) is 18.2 Å². The Kier molecular flexibility index (Phi) is 4.19. The van der Waals surface area contributed by atoms with Gasteiger partial charge in [0.15, 0.2) is 0 Å². The minimum absolute atomic E-state index is 0.151. The number of carbonyl (C=O) groups excluding carboxylic acids is 1. The SMILES string of the molecule is CC1CC(NC(=O)OC(C)(C)C)C(C)CO1. The third-order valence-electron chi connectivity index (χ3n) is 2.62. The number of nitrogens with one attached hydrogen (secondary N) is 1. The first-order valence-corrected chi connectivity index (χ1v) is 5.89. The Morgan fingerprint density at radius 1 is 1.38 bits per heavy atom. The predicted molar refractivity (Wildman–Crippen MR) is 62.4 cm³/mol. The highest BCUT2D eigenvalue weighted by molar-refractivity contribution is 5.68. The molecular formula is C12H23NO3. The van der Waals surface area contributed by atoms with Gasteiger partial charge >= 0.3 is 6.09 Å². The number of amides is 1. The first-order chi connectivity index (χ1) is 7.28. The monoisotopic (exact) mass is 229 g/mol. The molecule has 1 aliphatic heterocycles. The molecule has 0 aromatic heterocycles. The van der Waals surface area contributed by atoms with Crippen LogP contribution < -0.4 is 5.32 Å². The van der Waals surface area contributed by atoms with Gasteiger partial charge in [-0.15, -0.1) is 0 Å². The lowest BCUT2D eigenvalue weighted by Gasteiger charge is -2.33. The predicted octanol–water partition coefficient (Wildman–Crippen LogP) is 2.32. The van der Waals surface area contributed by atoms with Gasteiger partial charge in [0.25, 0.3) is 0 Å². The van der Waals surface area contributed by atoms with E-state index < -0.39 is 5.60 Å². The maximum absolute atomic E-state index is 11.6. The van der Waals surface area contributed by atoms with Gasteiger partial charge < -0.3 is 14.8 Å². The number of alkyl carbamates (subject to hydrolysis) is 1. The van der Waals surface area contributed by atoms with Crippen molar-refractivity contribution in [1.29, 1.82) is 0 Å². The Morgan fingerprint density at radius 2 is 2.00 bits per heavy atom. The van der Waals surface area contributed by atoms with Gasteiger partial charge in [-0.3, -0.25) is 0 Å². The summed E-state index contributed by atoms with van der Waals surface area (Å²) in [6, 6.07) is 0.151. The third kappa shape index (κ3) is 4.39. The standard InChI is InChI=1S/C12H23NO3/c1-8-7-15-9(2)6-10(8)13-11(14)16-12(3,4)5/h8-10H,6-7H2,1-5H3,(H,13,14). The van der Waals surface area contributed by atoms with Crippen molar-refractivity contribution in [3.8, 4) is 0 Å². The molecule has 16 heavy (non-hydrogen) atoms. The van der Waals surface area contributed by atoms with Crippen LogP contribution in [0.4, 0.5) is 4.79 Å². The molecule has 4 nitrogen and oxygen atoms in total. The molecule has 1 rings (SSSR count). The molecule has 0 spiro atoms. The van der Waals surface area contributed by atoms with E-state index in [9.17, 15) is 4.79 Å². The molecule has 3 atom stereocenters. The lowest BCUT2D eigenvalue weighted by Crippen LogP contribution is -2.48. The largest absolute Gasteiger partial charge is 0.444 e. The van der Waals surface area contributed by atoms with E-state index in [1.165, 1.54) is 0 Å². The molecule has 0 aliphatic carbocycles. The van der Waals surface area contributed by atoms with Gasteiger partial charge in [0.1, 0.15) is 5.60 Å². The van der Waals surface area contributed by atoms with Gasteiger partial charge in [-0.2, -0.15) is 0 Å². The van der Waals surface area contributed by atoms with Crippen LogP contribution >= 0.6 is 0 Å². The molecule has 1 aliphatic rings. The Labute approximate surface area is 97.7 Å². The highest BCUT2D eigenvalue weighted by Crippen LogP contribution is 2.19. The molecule has 0 saturated carbocycles. The molecule has 3 unspecified atom stereocenters. The lowest BCUT2D eigenvalue weighted by molar-refractivity contribution is -0.0211. The van der Waals surface area contributed by atoms with E-state index in [1.807, 2.05) is 27.7 Å². The van der Waals surface area contributed by atoms with Crippen molar-refractivity contribution in [1.82, 2.24) is 5.32 Å². The summed E-state index contributed by atoms with van der Waals surface area (Å²) < 4.78 is 10.7. The van der Waals surface area contributed by atoms with Crippen LogP contribution in [-0.4, -0.2) is 30.4 Å².